The number of benzene rings is 1. The largest absolute Gasteiger partial charge is 0.341 e. The molecular formula is C21H26N6O2S. The van der Waals surface area contributed by atoms with Gasteiger partial charge in [-0.1, -0.05) is 23.9 Å². The summed E-state index contributed by atoms with van der Waals surface area (Å²) >= 11 is 1.41. The number of nitrogens with one attached hydrogen (secondary N) is 1. The summed E-state index contributed by atoms with van der Waals surface area (Å²) in [5, 5.41) is 12.6. The molecule has 1 aromatic carbocycles. The maximum Gasteiger partial charge on any atom is 0.250 e. The zero-order valence-corrected chi connectivity index (χ0v) is 18.1. The Morgan fingerprint density at radius 3 is 2.67 bits per heavy atom. The molecule has 5 rings (SSSR count). The van der Waals surface area contributed by atoms with Crippen molar-refractivity contribution in [2.45, 2.75) is 56.3 Å². The molecule has 0 atom stereocenters. The van der Waals surface area contributed by atoms with Gasteiger partial charge in [-0.3, -0.25) is 19.1 Å². The smallest absolute Gasteiger partial charge is 0.250 e. The van der Waals surface area contributed by atoms with Crippen LogP contribution in [0.3, 0.4) is 0 Å². The number of para-hydroxylation sites is 2. The number of thioether (sulfide) groups is 1. The van der Waals surface area contributed by atoms with E-state index in [-0.39, 0.29) is 17.6 Å². The van der Waals surface area contributed by atoms with Crippen LogP contribution in [0, 0.1) is 0 Å². The normalized spacial score (nSPS) is 20.3. The van der Waals surface area contributed by atoms with E-state index < -0.39 is 5.54 Å². The number of aromatic nitrogens is 3. The Hall–Kier alpha value is -2.55. The molecule has 2 fully saturated rings. The van der Waals surface area contributed by atoms with E-state index in [1.807, 2.05) is 24.3 Å². The molecule has 158 valence electrons. The number of hydrogen-bond donors (Lipinski definition) is 1. The summed E-state index contributed by atoms with van der Waals surface area (Å²) in [5.41, 5.74) is 0.434. The van der Waals surface area contributed by atoms with Gasteiger partial charge in [0.25, 0.3) is 0 Å². The van der Waals surface area contributed by atoms with Gasteiger partial charge in [0.2, 0.25) is 17.8 Å². The van der Waals surface area contributed by atoms with Crippen molar-refractivity contribution in [1.29, 1.82) is 0 Å². The predicted octanol–water partition coefficient (Wildman–Crippen LogP) is 3.07. The molecule has 0 radical (unpaired) electrons. The summed E-state index contributed by atoms with van der Waals surface area (Å²) in [6.45, 7) is 5.59. The number of nitrogens with zero attached hydrogens (tertiary/aromatic N) is 5. The molecule has 30 heavy (non-hydrogen) atoms. The van der Waals surface area contributed by atoms with Gasteiger partial charge in [-0.05, 0) is 51.7 Å². The second-order valence-corrected chi connectivity index (χ2v) is 9.57. The minimum absolute atomic E-state index is 0.111. The van der Waals surface area contributed by atoms with Gasteiger partial charge in [-0.25, -0.2) is 0 Å². The highest BCUT2D eigenvalue weighted by molar-refractivity contribution is 7.99. The van der Waals surface area contributed by atoms with Gasteiger partial charge in [0.05, 0.1) is 17.1 Å². The third-order valence-corrected chi connectivity index (χ3v) is 6.96. The molecular weight excluding hydrogens is 400 g/mol. The van der Waals surface area contributed by atoms with Crippen LogP contribution in [0.25, 0.3) is 0 Å². The van der Waals surface area contributed by atoms with Crippen molar-refractivity contribution < 1.29 is 9.59 Å². The zero-order valence-electron chi connectivity index (χ0n) is 17.3. The molecule has 2 aliphatic heterocycles. The fourth-order valence-electron chi connectivity index (χ4n) is 4.24. The van der Waals surface area contributed by atoms with Gasteiger partial charge in [-0.2, -0.15) is 0 Å². The van der Waals surface area contributed by atoms with Gasteiger partial charge in [0.15, 0.2) is 5.16 Å². The topological polar surface area (TPSA) is 83.4 Å². The van der Waals surface area contributed by atoms with Crippen molar-refractivity contribution in [3.63, 3.8) is 0 Å². The van der Waals surface area contributed by atoms with Crippen molar-refractivity contribution >= 4 is 40.9 Å². The van der Waals surface area contributed by atoms with E-state index in [4.69, 9.17) is 0 Å². The fourth-order valence-corrected chi connectivity index (χ4v) is 5.09. The number of carbonyl (C=O) groups excluding carboxylic acids is 2. The molecule has 1 aliphatic carbocycles. The molecule has 3 heterocycles. The fraction of sp³-hybridized carbons (Fsp3) is 0.524. The van der Waals surface area contributed by atoms with E-state index >= 15 is 0 Å². The standard InChI is InChI=1S/C21H26N6O2S/c1-21(2)18(29)22-15-7-3-4-8-16(15)27(21)17(28)13-30-20-24-23-19(25-11-5-6-12-25)26(20)14-9-10-14/h3-4,7-8,14H,5-6,9-13H2,1-2H3,(H,22,29). The molecule has 1 saturated carbocycles. The van der Waals surface area contributed by atoms with Crippen LogP contribution in [-0.2, 0) is 9.59 Å². The first-order chi connectivity index (χ1) is 14.5. The Morgan fingerprint density at radius 2 is 1.93 bits per heavy atom. The maximum atomic E-state index is 13.3. The van der Waals surface area contributed by atoms with Gasteiger partial charge in [0.1, 0.15) is 5.54 Å². The minimum atomic E-state index is -0.961. The van der Waals surface area contributed by atoms with E-state index in [0.717, 1.165) is 42.7 Å². The molecule has 2 aromatic rings. The maximum absolute atomic E-state index is 13.3. The number of hydrogen-bond acceptors (Lipinski definition) is 6. The third-order valence-electron chi connectivity index (χ3n) is 6.03. The van der Waals surface area contributed by atoms with Crippen molar-refractivity contribution in [2.24, 2.45) is 0 Å². The van der Waals surface area contributed by atoms with E-state index in [1.165, 1.54) is 24.6 Å². The van der Waals surface area contributed by atoms with Crippen LogP contribution >= 0.6 is 11.8 Å². The van der Waals surface area contributed by atoms with Crippen LogP contribution < -0.4 is 15.1 Å². The third kappa shape index (κ3) is 3.25. The van der Waals surface area contributed by atoms with Gasteiger partial charge >= 0.3 is 0 Å². The Balaban J connectivity index is 1.38. The molecule has 8 nitrogen and oxygen atoms in total. The average Bonchev–Trinajstić information content (AvgIpc) is 3.24. The molecule has 0 spiro atoms. The lowest BCUT2D eigenvalue weighted by Crippen LogP contribution is -2.59. The number of carbonyl (C=O) groups is 2. The van der Waals surface area contributed by atoms with Crippen LogP contribution in [0.5, 0.6) is 0 Å². The molecule has 9 heteroatoms. The second kappa shape index (κ2) is 7.30. The van der Waals surface area contributed by atoms with Gasteiger partial charge in [0, 0.05) is 19.1 Å². The highest BCUT2D eigenvalue weighted by atomic mass is 32.2. The van der Waals surface area contributed by atoms with Crippen LogP contribution in [-0.4, -0.2) is 51.0 Å². The lowest BCUT2D eigenvalue weighted by atomic mass is 9.96. The summed E-state index contributed by atoms with van der Waals surface area (Å²) in [4.78, 5) is 29.9. The predicted molar refractivity (Wildman–Crippen MR) is 117 cm³/mol. The van der Waals surface area contributed by atoms with Crippen molar-refractivity contribution in [3.8, 4) is 0 Å². The van der Waals surface area contributed by atoms with Gasteiger partial charge < -0.3 is 10.2 Å². The molecule has 1 N–H and O–H groups in total. The number of fused-ring (bicyclic) bond motifs is 1. The SMILES string of the molecule is CC1(C)C(=O)Nc2ccccc2N1C(=O)CSc1nnc(N2CCCC2)n1C1CC1. The second-order valence-electron chi connectivity index (χ2n) is 8.63. The van der Waals surface area contributed by atoms with E-state index in [9.17, 15) is 9.59 Å². The highest BCUT2D eigenvalue weighted by Crippen LogP contribution is 2.42. The minimum Gasteiger partial charge on any atom is -0.341 e. The first-order valence-electron chi connectivity index (χ1n) is 10.5. The van der Waals surface area contributed by atoms with Crippen molar-refractivity contribution in [2.75, 3.05) is 34.0 Å². The summed E-state index contributed by atoms with van der Waals surface area (Å²) in [6.07, 6.45) is 4.63. The van der Waals surface area contributed by atoms with Crippen LogP contribution in [0.4, 0.5) is 17.3 Å². The Labute approximate surface area is 180 Å². The molecule has 2 amide bonds. The first-order valence-corrected chi connectivity index (χ1v) is 11.5. The zero-order chi connectivity index (χ0) is 20.9. The van der Waals surface area contributed by atoms with Crippen LogP contribution in [0.2, 0.25) is 0 Å². The van der Waals surface area contributed by atoms with Crippen molar-refractivity contribution in [3.05, 3.63) is 24.3 Å². The summed E-state index contributed by atoms with van der Waals surface area (Å²) in [6, 6.07) is 7.86. The van der Waals surface area contributed by atoms with E-state index in [0.29, 0.717) is 11.7 Å². The van der Waals surface area contributed by atoms with Crippen molar-refractivity contribution in [1.82, 2.24) is 14.8 Å². The summed E-state index contributed by atoms with van der Waals surface area (Å²) < 4.78 is 2.21. The lowest BCUT2D eigenvalue weighted by molar-refractivity contribution is -0.125. The number of rotatable bonds is 5. The molecule has 1 aromatic heterocycles. The quantitative estimate of drug-likeness (QED) is 0.740. The monoisotopic (exact) mass is 426 g/mol. The molecule has 0 unspecified atom stereocenters. The van der Waals surface area contributed by atoms with Gasteiger partial charge in [-0.15, -0.1) is 10.2 Å². The Kier molecular flexibility index (Phi) is 4.72. The molecule has 1 saturated heterocycles. The molecule has 3 aliphatic rings. The first kappa shape index (κ1) is 19.4. The van der Waals surface area contributed by atoms with Crippen LogP contribution in [0.15, 0.2) is 29.4 Å². The number of amides is 2. The summed E-state index contributed by atoms with van der Waals surface area (Å²) in [5.74, 6) is 0.848. The average molecular weight is 427 g/mol. The van der Waals surface area contributed by atoms with Crippen LogP contribution in [0.1, 0.15) is 45.6 Å². The number of anilines is 3. The lowest BCUT2D eigenvalue weighted by Gasteiger charge is -2.42. The van der Waals surface area contributed by atoms with E-state index in [2.05, 4.69) is 25.0 Å². The summed E-state index contributed by atoms with van der Waals surface area (Å²) in [7, 11) is 0. The highest BCUT2D eigenvalue weighted by Gasteiger charge is 2.43. The Bertz CT molecular complexity index is 993. The molecule has 0 bridgehead atoms. The Morgan fingerprint density at radius 1 is 1.20 bits per heavy atom. The van der Waals surface area contributed by atoms with E-state index in [1.54, 1.807) is 18.7 Å².